The molecule has 1 aromatic carbocycles. The van der Waals surface area contributed by atoms with Crippen molar-refractivity contribution in [2.75, 3.05) is 0 Å². The number of carboxylic acid groups (broad SMARTS) is 1. The first-order chi connectivity index (χ1) is 11.6. The number of unbranched alkanes of at least 4 members (excludes halogenated alkanes) is 9. The fourth-order valence-electron chi connectivity index (χ4n) is 3.23. The number of phenols is 1. The second-order valence-corrected chi connectivity index (χ2v) is 6.92. The number of para-hydroxylation sites is 1. The van der Waals surface area contributed by atoms with E-state index in [0.717, 1.165) is 18.4 Å². The van der Waals surface area contributed by atoms with E-state index in [2.05, 4.69) is 13.8 Å². The van der Waals surface area contributed by atoms with E-state index in [0.29, 0.717) is 0 Å². The Kier molecular flexibility index (Phi) is 10.2. The van der Waals surface area contributed by atoms with Gasteiger partial charge in [0, 0.05) is 0 Å². The van der Waals surface area contributed by atoms with Gasteiger partial charge in [-0.3, -0.25) is 0 Å². The average Bonchev–Trinajstić information content (AvgIpc) is 2.56. The van der Waals surface area contributed by atoms with Gasteiger partial charge in [0.2, 0.25) is 0 Å². The third-order valence-corrected chi connectivity index (χ3v) is 4.82. The Morgan fingerprint density at radius 3 is 2.04 bits per heavy atom. The first-order valence-corrected chi connectivity index (χ1v) is 9.63. The van der Waals surface area contributed by atoms with Crippen molar-refractivity contribution in [1.82, 2.24) is 0 Å². The van der Waals surface area contributed by atoms with Crippen molar-refractivity contribution in [2.45, 2.75) is 90.4 Å². The zero-order chi connectivity index (χ0) is 17.8. The van der Waals surface area contributed by atoms with E-state index in [1.54, 1.807) is 6.07 Å². The molecular weight excluding hydrogens is 300 g/mol. The van der Waals surface area contributed by atoms with Crippen molar-refractivity contribution in [3.8, 4) is 5.75 Å². The number of aromatic hydroxyl groups is 1. The molecular formula is C21H34O3. The van der Waals surface area contributed by atoms with Gasteiger partial charge in [-0.2, -0.15) is 0 Å². The van der Waals surface area contributed by atoms with Crippen molar-refractivity contribution in [1.29, 1.82) is 0 Å². The molecule has 2 N–H and O–H groups in total. The molecule has 0 radical (unpaired) electrons. The molecule has 1 aromatic rings. The van der Waals surface area contributed by atoms with Gasteiger partial charge in [0.05, 0.1) is 0 Å². The summed E-state index contributed by atoms with van der Waals surface area (Å²) in [5, 5.41) is 19.2. The highest BCUT2D eigenvalue weighted by Crippen LogP contribution is 2.32. The first-order valence-electron chi connectivity index (χ1n) is 9.63. The summed E-state index contributed by atoms with van der Waals surface area (Å²) in [4.78, 5) is 11.1. The Labute approximate surface area is 147 Å². The van der Waals surface area contributed by atoms with Gasteiger partial charge in [0.25, 0.3) is 0 Å². The monoisotopic (exact) mass is 334 g/mol. The van der Waals surface area contributed by atoms with Crippen molar-refractivity contribution >= 4 is 5.97 Å². The Bertz CT molecular complexity index is 482. The fourth-order valence-corrected chi connectivity index (χ4v) is 3.23. The third-order valence-electron chi connectivity index (χ3n) is 4.82. The summed E-state index contributed by atoms with van der Waals surface area (Å²) >= 11 is 0. The molecule has 3 nitrogen and oxygen atoms in total. The summed E-state index contributed by atoms with van der Waals surface area (Å²) in [6.07, 6.45) is 14.1. The minimum Gasteiger partial charge on any atom is -0.507 e. The predicted molar refractivity (Wildman–Crippen MR) is 99.9 cm³/mol. The highest BCUT2D eigenvalue weighted by atomic mass is 16.4. The minimum absolute atomic E-state index is 0.00224. The third kappa shape index (κ3) is 7.37. The summed E-state index contributed by atoms with van der Waals surface area (Å²) < 4.78 is 0. The molecule has 3 heteroatoms. The fraction of sp³-hybridized carbons (Fsp3) is 0.667. The van der Waals surface area contributed by atoms with E-state index >= 15 is 0 Å². The van der Waals surface area contributed by atoms with Crippen LogP contribution in [0.1, 0.15) is 106 Å². The van der Waals surface area contributed by atoms with Gasteiger partial charge >= 0.3 is 5.97 Å². The number of carbonyl (C=O) groups is 1. The van der Waals surface area contributed by atoms with Crippen LogP contribution in [0.5, 0.6) is 5.75 Å². The normalized spacial score (nSPS) is 12.2. The smallest absolute Gasteiger partial charge is 0.339 e. The van der Waals surface area contributed by atoms with Crippen LogP contribution >= 0.6 is 0 Å². The molecule has 1 rings (SSSR count). The first kappa shape index (κ1) is 20.5. The summed E-state index contributed by atoms with van der Waals surface area (Å²) in [6.45, 7) is 4.31. The van der Waals surface area contributed by atoms with Gasteiger partial charge < -0.3 is 10.2 Å². The Morgan fingerprint density at radius 2 is 1.50 bits per heavy atom. The van der Waals surface area contributed by atoms with Crippen molar-refractivity contribution < 1.29 is 15.0 Å². The maximum Gasteiger partial charge on any atom is 0.339 e. The molecule has 0 bridgehead atoms. The van der Waals surface area contributed by atoms with Crippen LogP contribution in [-0.2, 0) is 0 Å². The van der Waals surface area contributed by atoms with Crippen LogP contribution in [0.4, 0.5) is 0 Å². The van der Waals surface area contributed by atoms with Crippen LogP contribution in [0.25, 0.3) is 0 Å². The van der Waals surface area contributed by atoms with Gasteiger partial charge in [0.15, 0.2) is 0 Å². The second kappa shape index (κ2) is 11.9. The maximum atomic E-state index is 11.1. The molecule has 24 heavy (non-hydrogen) atoms. The van der Waals surface area contributed by atoms with Gasteiger partial charge in [-0.25, -0.2) is 4.79 Å². The van der Waals surface area contributed by atoms with E-state index in [1.165, 1.54) is 63.9 Å². The molecule has 0 aliphatic rings. The van der Waals surface area contributed by atoms with Gasteiger partial charge in [-0.1, -0.05) is 90.2 Å². The van der Waals surface area contributed by atoms with E-state index in [4.69, 9.17) is 5.11 Å². The number of rotatable bonds is 13. The van der Waals surface area contributed by atoms with Crippen LogP contribution in [-0.4, -0.2) is 16.2 Å². The van der Waals surface area contributed by atoms with Gasteiger partial charge in [0.1, 0.15) is 11.3 Å². The van der Waals surface area contributed by atoms with Crippen molar-refractivity contribution in [2.24, 2.45) is 0 Å². The molecule has 0 aromatic heterocycles. The Hall–Kier alpha value is -1.51. The minimum atomic E-state index is -1.07. The molecule has 0 aliphatic carbocycles. The molecule has 1 unspecified atom stereocenters. The SMILES string of the molecule is CCCCCCCCCCCCC(C)c1cccc(C(=O)O)c1O. The van der Waals surface area contributed by atoms with E-state index in [-0.39, 0.29) is 17.2 Å². The van der Waals surface area contributed by atoms with Crippen LogP contribution in [0.2, 0.25) is 0 Å². The number of carboxylic acids is 1. The lowest BCUT2D eigenvalue weighted by Crippen LogP contribution is -2.01. The number of benzene rings is 1. The number of aromatic carboxylic acids is 1. The second-order valence-electron chi connectivity index (χ2n) is 6.92. The summed E-state index contributed by atoms with van der Waals surface area (Å²) in [5.74, 6) is -0.941. The zero-order valence-electron chi connectivity index (χ0n) is 15.4. The molecule has 0 heterocycles. The highest BCUT2D eigenvalue weighted by Gasteiger charge is 2.16. The average molecular weight is 335 g/mol. The van der Waals surface area contributed by atoms with Crippen molar-refractivity contribution in [3.63, 3.8) is 0 Å². The number of hydrogen-bond acceptors (Lipinski definition) is 2. The van der Waals surface area contributed by atoms with Crippen LogP contribution < -0.4 is 0 Å². The molecule has 0 amide bonds. The predicted octanol–water partition coefficient (Wildman–Crippen LogP) is 6.50. The Balaban J connectivity index is 2.20. The lowest BCUT2D eigenvalue weighted by atomic mass is 9.92. The standard InChI is InChI=1S/C21H34O3/c1-3-4-5-6-7-8-9-10-11-12-14-17(2)18-15-13-16-19(20(18)22)21(23)24/h13,15-17,22H,3-12,14H2,1-2H3,(H,23,24). The lowest BCUT2D eigenvalue weighted by Gasteiger charge is -2.14. The van der Waals surface area contributed by atoms with Crippen LogP contribution in [0.15, 0.2) is 18.2 Å². The van der Waals surface area contributed by atoms with Crippen molar-refractivity contribution in [3.05, 3.63) is 29.3 Å². The molecule has 1 atom stereocenters. The van der Waals surface area contributed by atoms with E-state index in [1.807, 2.05) is 6.07 Å². The Morgan fingerprint density at radius 1 is 0.958 bits per heavy atom. The topological polar surface area (TPSA) is 57.5 Å². The van der Waals surface area contributed by atoms with Gasteiger partial charge in [-0.15, -0.1) is 0 Å². The largest absolute Gasteiger partial charge is 0.507 e. The summed E-state index contributed by atoms with van der Waals surface area (Å²) in [5.41, 5.74) is 0.758. The highest BCUT2D eigenvalue weighted by molar-refractivity contribution is 5.91. The quantitative estimate of drug-likeness (QED) is 0.404. The van der Waals surface area contributed by atoms with E-state index in [9.17, 15) is 9.90 Å². The lowest BCUT2D eigenvalue weighted by molar-refractivity contribution is 0.0693. The van der Waals surface area contributed by atoms with Crippen LogP contribution in [0, 0.1) is 0 Å². The molecule has 0 saturated carbocycles. The summed E-state index contributed by atoms with van der Waals surface area (Å²) in [7, 11) is 0. The molecule has 0 saturated heterocycles. The molecule has 0 spiro atoms. The molecule has 136 valence electrons. The maximum absolute atomic E-state index is 11.1. The van der Waals surface area contributed by atoms with E-state index < -0.39 is 5.97 Å². The van der Waals surface area contributed by atoms with Gasteiger partial charge in [-0.05, 0) is 24.0 Å². The zero-order valence-corrected chi connectivity index (χ0v) is 15.4. The molecule has 0 fully saturated rings. The number of hydrogen-bond donors (Lipinski definition) is 2. The van der Waals surface area contributed by atoms with Crippen LogP contribution in [0.3, 0.4) is 0 Å². The summed E-state index contributed by atoms with van der Waals surface area (Å²) in [6, 6.07) is 5.00. The molecule has 0 aliphatic heterocycles.